The van der Waals surface area contributed by atoms with Gasteiger partial charge in [-0.1, -0.05) is 30.3 Å². The van der Waals surface area contributed by atoms with Gasteiger partial charge in [-0.25, -0.2) is 0 Å². The van der Waals surface area contributed by atoms with Gasteiger partial charge in [-0.2, -0.15) is 0 Å². The molecule has 3 nitrogen and oxygen atoms in total. The Labute approximate surface area is 132 Å². The Morgan fingerprint density at radius 3 is 2.59 bits per heavy atom. The molecule has 1 fully saturated rings. The maximum atomic E-state index is 12.2. The number of benzene rings is 2. The highest BCUT2D eigenvalue weighted by atomic mass is 16.1. The van der Waals surface area contributed by atoms with E-state index in [1.165, 1.54) is 44.3 Å². The van der Waals surface area contributed by atoms with Crippen LogP contribution in [0.5, 0.6) is 0 Å². The Bertz CT molecular complexity index is 632. The third-order valence-corrected chi connectivity index (χ3v) is 4.56. The summed E-state index contributed by atoms with van der Waals surface area (Å²) >= 11 is 0. The molecule has 1 amide bonds. The number of rotatable bonds is 5. The Kier molecular flexibility index (Phi) is 5.07. The molecule has 22 heavy (non-hydrogen) atoms. The number of carbonyl (C=O) groups excluding carboxylic acids is 1. The Morgan fingerprint density at radius 2 is 1.77 bits per heavy atom. The largest absolute Gasteiger partial charge is 0.352 e. The van der Waals surface area contributed by atoms with Crippen molar-refractivity contribution in [2.24, 2.45) is 0 Å². The lowest BCUT2D eigenvalue weighted by atomic mass is 10.1. The van der Waals surface area contributed by atoms with Crippen molar-refractivity contribution < 1.29 is 9.69 Å². The van der Waals surface area contributed by atoms with Crippen LogP contribution in [0.3, 0.4) is 0 Å². The van der Waals surface area contributed by atoms with Crippen molar-refractivity contribution in [1.82, 2.24) is 5.32 Å². The monoisotopic (exact) mass is 297 g/mol. The topological polar surface area (TPSA) is 33.5 Å². The predicted octanol–water partition coefficient (Wildman–Crippen LogP) is 2.03. The molecule has 3 heteroatoms. The maximum absolute atomic E-state index is 12.2. The summed E-state index contributed by atoms with van der Waals surface area (Å²) in [7, 11) is 0. The minimum atomic E-state index is 0.0411. The summed E-state index contributed by atoms with van der Waals surface area (Å²) in [6.07, 6.45) is 5.18. The van der Waals surface area contributed by atoms with Gasteiger partial charge in [0, 0.05) is 18.5 Å². The summed E-state index contributed by atoms with van der Waals surface area (Å²) in [5.41, 5.74) is 0.754. The highest BCUT2D eigenvalue weighted by molar-refractivity contribution is 5.98. The fourth-order valence-electron chi connectivity index (χ4n) is 3.27. The molecule has 0 spiro atoms. The summed E-state index contributed by atoms with van der Waals surface area (Å²) in [6.45, 7) is 4.56. The van der Waals surface area contributed by atoms with Crippen molar-refractivity contribution in [3.05, 3.63) is 48.0 Å². The van der Waals surface area contributed by atoms with Gasteiger partial charge in [0.25, 0.3) is 5.91 Å². The van der Waals surface area contributed by atoms with Gasteiger partial charge in [0.15, 0.2) is 0 Å². The summed E-state index contributed by atoms with van der Waals surface area (Å²) in [4.78, 5) is 13.9. The molecule has 0 unspecified atom stereocenters. The first-order valence-electron chi connectivity index (χ1n) is 8.43. The van der Waals surface area contributed by atoms with E-state index < -0.39 is 0 Å². The molecule has 0 aliphatic carbocycles. The first-order chi connectivity index (χ1) is 10.8. The van der Waals surface area contributed by atoms with Gasteiger partial charge in [-0.05, 0) is 42.2 Å². The van der Waals surface area contributed by atoms with Gasteiger partial charge >= 0.3 is 0 Å². The summed E-state index contributed by atoms with van der Waals surface area (Å²) in [6, 6.07) is 14.0. The van der Waals surface area contributed by atoms with Crippen LogP contribution >= 0.6 is 0 Å². The lowest BCUT2D eigenvalue weighted by Crippen LogP contribution is -3.12. The minimum absolute atomic E-state index is 0.0411. The number of carbonyl (C=O) groups is 1. The Balaban J connectivity index is 1.48. The molecule has 1 aliphatic rings. The molecule has 0 bridgehead atoms. The van der Waals surface area contributed by atoms with Crippen molar-refractivity contribution in [1.29, 1.82) is 0 Å². The van der Waals surface area contributed by atoms with E-state index in [4.69, 9.17) is 0 Å². The zero-order valence-corrected chi connectivity index (χ0v) is 13.1. The average Bonchev–Trinajstić information content (AvgIpc) is 2.59. The normalized spacial score (nSPS) is 15.8. The summed E-state index contributed by atoms with van der Waals surface area (Å²) in [5, 5.41) is 5.34. The van der Waals surface area contributed by atoms with E-state index in [0.717, 1.165) is 23.9 Å². The predicted molar refractivity (Wildman–Crippen MR) is 90.3 cm³/mol. The van der Waals surface area contributed by atoms with E-state index in [1.807, 2.05) is 36.4 Å². The minimum Gasteiger partial charge on any atom is -0.352 e. The van der Waals surface area contributed by atoms with Crippen molar-refractivity contribution in [3.63, 3.8) is 0 Å². The molecule has 3 rings (SSSR count). The fourth-order valence-corrected chi connectivity index (χ4v) is 3.27. The van der Waals surface area contributed by atoms with E-state index in [1.54, 1.807) is 4.90 Å². The van der Waals surface area contributed by atoms with Crippen molar-refractivity contribution in [2.45, 2.75) is 25.7 Å². The SMILES string of the molecule is O=C(NCCC[NH+]1CCCCC1)c1ccc2ccccc2c1. The lowest BCUT2D eigenvalue weighted by molar-refractivity contribution is -0.904. The first-order valence-corrected chi connectivity index (χ1v) is 8.43. The molecule has 2 N–H and O–H groups in total. The number of fused-ring (bicyclic) bond motifs is 1. The molecule has 0 radical (unpaired) electrons. The molecular formula is C19H25N2O+. The van der Waals surface area contributed by atoms with Crippen molar-refractivity contribution in [2.75, 3.05) is 26.2 Å². The third-order valence-electron chi connectivity index (χ3n) is 4.56. The average molecular weight is 297 g/mol. The van der Waals surface area contributed by atoms with Gasteiger partial charge in [0.05, 0.1) is 19.6 Å². The molecule has 2 aromatic rings. The molecule has 1 heterocycles. The number of amides is 1. The van der Waals surface area contributed by atoms with Gasteiger partial charge in [-0.3, -0.25) is 4.79 Å². The second-order valence-corrected chi connectivity index (χ2v) is 6.23. The van der Waals surface area contributed by atoms with Crippen molar-refractivity contribution in [3.8, 4) is 0 Å². The molecule has 116 valence electrons. The van der Waals surface area contributed by atoms with Crippen LogP contribution in [0.4, 0.5) is 0 Å². The number of nitrogens with one attached hydrogen (secondary N) is 2. The second-order valence-electron chi connectivity index (χ2n) is 6.23. The standard InChI is InChI=1S/C19H24N2O/c22-19(20-11-6-14-21-12-4-1-5-13-21)18-10-9-16-7-2-3-8-17(16)15-18/h2-3,7-10,15H,1,4-6,11-14H2,(H,20,22)/p+1. The van der Waals surface area contributed by atoms with Crippen LogP contribution in [-0.2, 0) is 0 Å². The van der Waals surface area contributed by atoms with E-state index in [-0.39, 0.29) is 5.91 Å². The van der Waals surface area contributed by atoms with Crippen molar-refractivity contribution >= 4 is 16.7 Å². The molecule has 1 aliphatic heterocycles. The van der Waals surface area contributed by atoms with E-state index in [9.17, 15) is 4.79 Å². The van der Waals surface area contributed by atoms with Gasteiger partial charge in [0.2, 0.25) is 0 Å². The molecule has 2 aromatic carbocycles. The van der Waals surface area contributed by atoms with Gasteiger partial charge < -0.3 is 10.2 Å². The quantitative estimate of drug-likeness (QED) is 0.814. The van der Waals surface area contributed by atoms with E-state index in [2.05, 4.69) is 11.4 Å². The number of likely N-dealkylation sites (tertiary alicyclic amines) is 1. The number of hydrogen-bond donors (Lipinski definition) is 2. The Morgan fingerprint density at radius 1 is 1.00 bits per heavy atom. The fraction of sp³-hybridized carbons (Fsp3) is 0.421. The van der Waals surface area contributed by atoms with E-state index >= 15 is 0 Å². The van der Waals surface area contributed by atoms with Crippen LogP contribution in [0, 0.1) is 0 Å². The smallest absolute Gasteiger partial charge is 0.251 e. The number of piperidine rings is 1. The number of hydrogen-bond acceptors (Lipinski definition) is 1. The lowest BCUT2D eigenvalue weighted by Gasteiger charge is -2.23. The first kappa shape index (κ1) is 15.0. The molecule has 0 atom stereocenters. The zero-order valence-electron chi connectivity index (χ0n) is 13.1. The second kappa shape index (κ2) is 7.41. The van der Waals surface area contributed by atoms with Crippen LogP contribution in [0.1, 0.15) is 36.0 Å². The highest BCUT2D eigenvalue weighted by Crippen LogP contribution is 2.15. The van der Waals surface area contributed by atoms with Gasteiger partial charge in [-0.15, -0.1) is 0 Å². The van der Waals surface area contributed by atoms with E-state index in [0.29, 0.717) is 0 Å². The van der Waals surface area contributed by atoms with Crippen LogP contribution in [0.15, 0.2) is 42.5 Å². The van der Waals surface area contributed by atoms with Crippen LogP contribution in [-0.4, -0.2) is 32.1 Å². The molecular weight excluding hydrogens is 272 g/mol. The summed E-state index contributed by atoms with van der Waals surface area (Å²) in [5.74, 6) is 0.0411. The maximum Gasteiger partial charge on any atom is 0.251 e. The summed E-state index contributed by atoms with van der Waals surface area (Å²) < 4.78 is 0. The van der Waals surface area contributed by atoms with Gasteiger partial charge in [0.1, 0.15) is 0 Å². The van der Waals surface area contributed by atoms with Crippen LogP contribution in [0.25, 0.3) is 10.8 Å². The Hall–Kier alpha value is -1.87. The van der Waals surface area contributed by atoms with Crippen LogP contribution in [0.2, 0.25) is 0 Å². The molecule has 1 saturated heterocycles. The highest BCUT2D eigenvalue weighted by Gasteiger charge is 2.13. The number of quaternary nitrogens is 1. The third kappa shape index (κ3) is 3.86. The molecule has 0 aromatic heterocycles. The van der Waals surface area contributed by atoms with Crippen LogP contribution < -0.4 is 10.2 Å². The molecule has 0 saturated carbocycles. The zero-order chi connectivity index (χ0) is 15.2.